The molecule has 0 bridgehead atoms. The Morgan fingerprint density at radius 2 is 2.40 bits per heavy atom. The first-order valence-corrected chi connectivity index (χ1v) is 5.72. The van der Waals surface area contributed by atoms with Crippen LogP contribution in [0.25, 0.3) is 0 Å². The maximum atomic E-state index is 5.70. The first-order valence-electron chi connectivity index (χ1n) is 5.72. The van der Waals surface area contributed by atoms with Crippen LogP contribution in [0.2, 0.25) is 0 Å². The first kappa shape index (κ1) is 10.7. The maximum absolute atomic E-state index is 5.70. The lowest BCUT2D eigenvalue weighted by atomic mass is 10.2. The van der Waals surface area contributed by atoms with Gasteiger partial charge >= 0.3 is 0 Å². The maximum Gasteiger partial charge on any atom is 0.120 e. The van der Waals surface area contributed by atoms with Crippen LogP contribution in [0, 0.1) is 0 Å². The number of ether oxygens (including phenoxy) is 1. The van der Waals surface area contributed by atoms with Gasteiger partial charge in [0.15, 0.2) is 0 Å². The normalized spacial score (nSPS) is 23.2. The van der Waals surface area contributed by atoms with Crippen molar-refractivity contribution in [1.29, 1.82) is 0 Å². The van der Waals surface area contributed by atoms with Crippen molar-refractivity contribution < 1.29 is 9.15 Å². The molecule has 2 atom stereocenters. The second-order valence-corrected chi connectivity index (χ2v) is 4.11. The SMILES string of the molecule is CCc1ccc(C(C)NC2CCOC2)o1. The molecule has 0 spiro atoms. The van der Waals surface area contributed by atoms with Gasteiger partial charge in [-0.25, -0.2) is 0 Å². The van der Waals surface area contributed by atoms with Crippen molar-refractivity contribution in [3.05, 3.63) is 23.7 Å². The predicted octanol–water partition coefficient (Wildman–Crippen LogP) is 2.28. The number of rotatable bonds is 4. The predicted molar refractivity (Wildman–Crippen MR) is 58.9 cm³/mol. The summed E-state index contributed by atoms with van der Waals surface area (Å²) in [5.41, 5.74) is 0. The highest BCUT2D eigenvalue weighted by atomic mass is 16.5. The van der Waals surface area contributed by atoms with Crippen molar-refractivity contribution in [2.75, 3.05) is 13.2 Å². The second-order valence-electron chi connectivity index (χ2n) is 4.11. The fourth-order valence-electron chi connectivity index (χ4n) is 1.92. The van der Waals surface area contributed by atoms with Gasteiger partial charge in [-0.15, -0.1) is 0 Å². The molecule has 1 N–H and O–H groups in total. The highest BCUT2D eigenvalue weighted by Gasteiger charge is 2.19. The summed E-state index contributed by atoms with van der Waals surface area (Å²) < 4.78 is 11.0. The molecule has 1 aromatic heterocycles. The molecular formula is C12H19NO2. The second kappa shape index (κ2) is 4.81. The summed E-state index contributed by atoms with van der Waals surface area (Å²) in [7, 11) is 0. The van der Waals surface area contributed by atoms with Crippen LogP contribution < -0.4 is 5.32 Å². The quantitative estimate of drug-likeness (QED) is 0.826. The zero-order chi connectivity index (χ0) is 10.7. The van der Waals surface area contributed by atoms with Crippen LogP contribution in [0.3, 0.4) is 0 Å². The zero-order valence-electron chi connectivity index (χ0n) is 9.45. The van der Waals surface area contributed by atoms with Gasteiger partial charge < -0.3 is 14.5 Å². The number of nitrogens with one attached hydrogen (secondary N) is 1. The molecule has 2 unspecified atom stereocenters. The van der Waals surface area contributed by atoms with E-state index < -0.39 is 0 Å². The third kappa shape index (κ3) is 2.61. The van der Waals surface area contributed by atoms with E-state index in [1.165, 1.54) is 0 Å². The van der Waals surface area contributed by atoms with Crippen LogP contribution in [0.1, 0.15) is 37.8 Å². The van der Waals surface area contributed by atoms with E-state index >= 15 is 0 Å². The molecule has 2 heterocycles. The number of aryl methyl sites for hydroxylation is 1. The molecule has 84 valence electrons. The summed E-state index contributed by atoms with van der Waals surface area (Å²) in [5, 5.41) is 3.51. The highest BCUT2D eigenvalue weighted by Crippen LogP contribution is 2.18. The van der Waals surface area contributed by atoms with E-state index in [0.29, 0.717) is 6.04 Å². The Hall–Kier alpha value is -0.800. The summed E-state index contributed by atoms with van der Waals surface area (Å²) in [6.45, 7) is 5.94. The molecule has 0 saturated carbocycles. The monoisotopic (exact) mass is 209 g/mol. The van der Waals surface area contributed by atoms with E-state index in [1.807, 2.05) is 0 Å². The summed E-state index contributed by atoms with van der Waals surface area (Å²) >= 11 is 0. The third-order valence-corrected chi connectivity index (χ3v) is 2.87. The highest BCUT2D eigenvalue weighted by molar-refractivity contribution is 5.10. The van der Waals surface area contributed by atoms with Crippen LogP contribution in [0.5, 0.6) is 0 Å². The molecule has 1 aromatic rings. The first-order chi connectivity index (χ1) is 7.29. The minimum Gasteiger partial charge on any atom is -0.464 e. The molecule has 1 aliphatic heterocycles. The molecule has 1 aliphatic rings. The van der Waals surface area contributed by atoms with Crippen molar-refractivity contribution in [2.45, 2.75) is 38.8 Å². The minimum absolute atomic E-state index is 0.275. The van der Waals surface area contributed by atoms with E-state index in [9.17, 15) is 0 Å². The van der Waals surface area contributed by atoms with Gasteiger partial charge in [-0.2, -0.15) is 0 Å². The molecular weight excluding hydrogens is 190 g/mol. The largest absolute Gasteiger partial charge is 0.464 e. The zero-order valence-corrected chi connectivity index (χ0v) is 9.45. The van der Waals surface area contributed by atoms with Crippen molar-refractivity contribution in [3.63, 3.8) is 0 Å². The van der Waals surface area contributed by atoms with Crippen LogP contribution in [-0.2, 0) is 11.2 Å². The standard InChI is InChI=1S/C12H19NO2/c1-3-11-4-5-12(15-11)9(2)13-10-6-7-14-8-10/h4-5,9-10,13H,3,6-8H2,1-2H3. The molecule has 0 aromatic carbocycles. The number of furan rings is 1. The van der Waals surface area contributed by atoms with Gasteiger partial charge in [0.1, 0.15) is 11.5 Å². The van der Waals surface area contributed by atoms with Crippen LogP contribution in [-0.4, -0.2) is 19.3 Å². The Morgan fingerprint density at radius 3 is 3.00 bits per heavy atom. The Balaban J connectivity index is 1.91. The molecule has 15 heavy (non-hydrogen) atoms. The van der Waals surface area contributed by atoms with E-state index in [1.54, 1.807) is 0 Å². The van der Waals surface area contributed by atoms with Crippen molar-refractivity contribution in [1.82, 2.24) is 5.32 Å². The summed E-state index contributed by atoms with van der Waals surface area (Å²) in [4.78, 5) is 0. The van der Waals surface area contributed by atoms with Gasteiger partial charge in [-0.05, 0) is 25.5 Å². The lowest BCUT2D eigenvalue weighted by molar-refractivity contribution is 0.187. The van der Waals surface area contributed by atoms with Crippen LogP contribution in [0.15, 0.2) is 16.5 Å². The van der Waals surface area contributed by atoms with Gasteiger partial charge in [0.25, 0.3) is 0 Å². The van der Waals surface area contributed by atoms with E-state index in [2.05, 4.69) is 31.3 Å². The van der Waals surface area contributed by atoms with Gasteiger partial charge in [-0.1, -0.05) is 6.92 Å². The molecule has 0 amide bonds. The Labute approximate surface area is 90.8 Å². The van der Waals surface area contributed by atoms with Crippen molar-refractivity contribution in [2.24, 2.45) is 0 Å². The average Bonchev–Trinajstić information content (AvgIpc) is 2.86. The fourth-order valence-corrected chi connectivity index (χ4v) is 1.92. The van der Waals surface area contributed by atoms with E-state index in [4.69, 9.17) is 9.15 Å². The molecule has 3 nitrogen and oxygen atoms in total. The van der Waals surface area contributed by atoms with Gasteiger partial charge in [0.2, 0.25) is 0 Å². The Morgan fingerprint density at radius 1 is 1.53 bits per heavy atom. The molecule has 0 radical (unpaired) electrons. The molecule has 1 fully saturated rings. The number of hydrogen-bond acceptors (Lipinski definition) is 3. The molecule has 1 saturated heterocycles. The van der Waals surface area contributed by atoms with Gasteiger partial charge in [0.05, 0.1) is 12.6 Å². The van der Waals surface area contributed by atoms with Crippen molar-refractivity contribution in [3.8, 4) is 0 Å². The van der Waals surface area contributed by atoms with E-state index in [-0.39, 0.29) is 6.04 Å². The van der Waals surface area contributed by atoms with Crippen LogP contribution >= 0.6 is 0 Å². The Bertz CT molecular complexity index is 302. The lowest BCUT2D eigenvalue weighted by Crippen LogP contribution is -2.31. The average molecular weight is 209 g/mol. The molecule has 3 heteroatoms. The fraction of sp³-hybridized carbons (Fsp3) is 0.667. The van der Waals surface area contributed by atoms with Gasteiger partial charge in [-0.3, -0.25) is 0 Å². The summed E-state index contributed by atoms with van der Waals surface area (Å²) in [6, 6.07) is 4.87. The molecule has 0 aliphatic carbocycles. The van der Waals surface area contributed by atoms with Gasteiger partial charge in [0, 0.05) is 19.1 Å². The Kier molecular flexibility index (Phi) is 3.44. The summed E-state index contributed by atoms with van der Waals surface area (Å²) in [6.07, 6.45) is 2.06. The van der Waals surface area contributed by atoms with Crippen molar-refractivity contribution >= 4 is 0 Å². The minimum atomic E-state index is 0.275. The number of hydrogen-bond donors (Lipinski definition) is 1. The van der Waals surface area contributed by atoms with E-state index in [0.717, 1.165) is 37.6 Å². The molecule has 2 rings (SSSR count). The van der Waals surface area contributed by atoms with Crippen LogP contribution in [0.4, 0.5) is 0 Å². The smallest absolute Gasteiger partial charge is 0.120 e. The lowest BCUT2D eigenvalue weighted by Gasteiger charge is -2.16. The summed E-state index contributed by atoms with van der Waals surface area (Å²) in [5.74, 6) is 2.08. The third-order valence-electron chi connectivity index (χ3n) is 2.87. The topological polar surface area (TPSA) is 34.4 Å².